The highest BCUT2D eigenvalue weighted by molar-refractivity contribution is 7.89. The highest BCUT2D eigenvalue weighted by Gasteiger charge is 2.19. The van der Waals surface area contributed by atoms with Crippen molar-refractivity contribution >= 4 is 50.9 Å². The lowest BCUT2D eigenvalue weighted by molar-refractivity contribution is -0.152. The largest absolute Gasteiger partial charge is 0.452 e. The zero-order chi connectivity index (χ0) is 20.7. The molecule has 1 amide bonds. The van der Waals surface area contributed by atoms with Gasteiger partial charge in [0.25, 0.3) is 5.91 Å². The molecule has 0 aliphatic carbocycles. The Bertz CT molecular complexity index is 934. The molecule has 28 heavy (non-hydrogen) atoms. The van der Waals surface area contributed by atoms with Gasteiger partial charge in [-0.1, -0.05) is 23.2 Å². The summed E-state index contributed by atoms with van der Waals surface area (Å²) in [5.74, 6) is -1.05. The van der Waals surface area contributed by atoms with Gasteiger partial charge in [0.1, 0.15) is 5.82 Å². The second kappa shape index (κ2) is 9.83. The molecule has 0 aliphatic rings. The van der Waals surface area contributed by atoms with E-state index in [4.69, 9.17) is 27.9 Å². The van der Waals surface area contributed by atoms with E-state index in [2.05, 4.69) is 15.0 Å². The molecule has 1 unspecified atom stereocenters. The molecule has 1 aromatic heterocycles. The van der Waals surface area contributed by atoms with Crippen LogP contribution in [0.3, 0.4) is 0 Å². The number of pyridine rings is 1. The monoisotopic (exact) mass is 445 g/mol. The van der Waals surface area contributed by atoms with Crippen molar-refractivity contribution in [2.75, 3.05) is 11.9 Å². The van der Waals surface area contributed by atoms with Gasteiger partial charge >= 0.3 is 5.97 Å². The van der Waals surface area contributed by atoms with Gasteiger partial charge in [-0.05, 0) is 43.3 Å². The van der Waals surface area contributed by atoms with Crippen LogP contribution in [0.4, 0.5) is 5.82 Å². The van der Waals surface area contributed by atoms with Crippen molar-refractivity contribution in [2.24, 2.45) is 0 Å². The molecule has 2 aromatic rings. The number of aromatic nitrogens is 1. The number of benzene rings is 1. The molecule has 1 heterocycles. The first-order chi connectivity index (χ1) is 13.2. The van der Waals surface area contributed by atoms with Crippen LogP contribution in [0.15, 0.2) is 47.5 Å². The first-order valence-electron chi connectivity index (χ1n) is 8.04. The van der Waals surface area contributed by atoms with Crippen molar-refractivity contribution in [3.05, 3.63) is 52.6 Å². The average Bonchev–Trinajstić information content (AvgIpc) is 2.63. The lowest BCUT2D eigenvalue weighted by atomic mass is 10.3. The van der Waals surface area contributed by atoms with Crippen molar-refractivity contribution in [1.29, 1.82) is 0 Å². The Hall–Kier alpha value is -2.20. The van der Waals surface area contributed by atoms with Crippen LogP contribution in [0.5, 0.6) is 0 Å². The zero-order valence-corrected chi connectivity index (χ0v) is 17.0. The second-order valence-electron chi connectivity index (χ2n) is 5.58. The molecule has 2 rings (SSSR count). The number of carbonyl (C=O) groups is 2. The van der Waals surface area contributed by atoms with Gasteiger partial charge in [0.15, 0.2) is 6.10 Å². The Morgan fingerprint density at radius 1 is 1.11 bits per heavy atom. The van der Waals surface area contributed by atoms with E-state index in [0.29, 0.717) is 10.0 Å². The van der Waals surface area contributed by atoms with E-state index < -0.39 is 28.0 Å². The van der Waals surface area contributed by atoms with E-state index >= 15 is 0 Å². The zero-order valence-electron chi connectivity index (χ0n) is 14.7. The van der Waals surface area contributed by atoms with E-state index in [1.165, 1.54) is 43.5 Å². The second-order valence-corrected chi connectivity index (χ2v) is 8.22. The van der Waals surface area contributed by atoms with Crippen molar-refractivity contribution in [2.45, 2.75) is 24.3 Å². The van der Waals surface area contributed by atoms with Crippen molar-refractivity contribution in [1.82, 2.24) is 9.71 Å². The smallest absolute Gasteiger partial charge is 0.307 e. The molecule has 0 radical (unpaired) electrons. The molecule has 8 nitrogen and oxygen atoms in total. The summed E-state index contributed by atoms with van der Waals surface area (Å²) in [4.78, 5) is 27.8. The number of hydrogen-bond acceptors (Lipinski definition) is 6. The number of anilines is 1. The van der Waals surface area contributed by atoms with Gasteiger partial charge in [-0.15, -0.1) is 0 Å². The van der Waals surface area contributed by atoms with Crippen molar-refractivity contribution < 1.29 is 22.7 Å². The maximum absolute atomic E-state index is 12.1. The number of hydrogen-bond donors (Lipinski definition) is 2. The van der Waals surface area contributed by atoms with E-state index in [1.807, 2.05) is 0 Å². The number of amides is 1. The number of halogens is 2. The molecule has 0 fully saturated rings. The normalized spacial score (nSPS) is 12.2. The third-order valence-corrected chi connectivity index (χ3v) is 5.35. The summed E-state index contributed by atoms with van der Waals surface area (Å²) in [5, 5.41) is 3.29. The summed E-state index contributed by atoms with van der Waals surface area (Å²) < 4.78 is 31.5. The van der Waals surface area contributed by atoms with E-state index in [9.17, 15) is 18.0 Å². The third-order valence-electron chi connectivity index (χ3n) is 3.40. The van der Waals surface area contributed by atoms with Crippen LogP contribution < -0.4 is 10.0 Å². The van der Waals surface area contributed by atoms with Crippen molar-refractivity contribution in [3.8, 4) is 0 Å². The molecular weight excluding hydrogens is 429 g/mol. The average molecular weight is 446 g/mol. The maximum Gasteiger partial charge on any atom is 0.307 e. The Morgan fingerprint density at radius 2 is 1.75 bits per heavy atom. The number of sulfonamides is 1. The van der Waals surface area contributed by atoms with E-state index in [0.717, 1.165) is 0 Å². The lowest BCUT2D eigenvalue weighted by Crippen LogP contribution is -2.32. The fourth-order valence-electron chi connectivity index (χ4n) is 1.97. The molecule has 0 aliphatic heterocycles. The fraction of sp³-hybridized carbons (Fsp3) is 0.235. The minimum absolute atomic E-state index is 0.0217. The lowest BCUT2D eigenvalue weighted by Gasteiger charge is -2.13. The van der Waals surface area contributed by atoms with Gasteiger partial charge in [0.05, 0.1) is 16.3 Å². The highest BCUT2D eigenvalue weighted by atomic mass is 35.5. The predicted octanol–water partition coefficient (Wildman–Crippen LogP) is 2.63. The number of nitrogens with zero attached hydrogens (tertiary/aromatic N) is 1. The Labute approximate surface area is 172 Å². The van der Waals surface area contributed by atoms with E-state index in [1.54, 1.807) is 6.07 Å². The summed E-state index contributed by atoms with van der Waals surface area (Å²) in [6, 6.07) is 8.63. The van der Waals surface area contributed by atoms with Crippen LogP contribution in [0.1, 0.15) is 13.3 Å². The molecule has 0 saturated carbocycles. The van der Waals surface area contributed by atoms with Crippen LogP contribution in [0.2, 0.25) is 10.0 Å². The summed E-state index contributed by atoms with van der Waals surface area (Å²) in [6.07, 6.45) is 0.0300. The molecule has 0 spiro atoms. The number of ether oxygens (including phenoxy) is 1. The third kappa shape index (κ3) is 6.75. The highest BCUT2D eigenvalue weighted by Crippen LogP contribution is 2.14. The van der Waals surface area contributed by atoms with Crippen LogP contribution in [-0.2, 0) is 24.3 Å². The summed E-state index contributed by atoms with van der Waals surface area (Å²) >= 11 is 11.4. The maximum atomic E-state index is 12.1. The Morgan fingerprint density at radius 3 is 2.36 bits per heavy atom. The first-order valence-corrected chi connectivity index (χ1v) is 10.3. The molecule has 0 bridgehead atoms. The predicted molar refractivity (Wildman–Crippen MR) is 105 cm³/mol. The topological polar surface area (TPSA) is 114 Å². The molecular formula is C17H17Cl2N3O5S. The van der Waals surface area contributed by atoms with Crippen LogP contribution in [0.25, 0.3) is 0 Å². The van der Waals surface area contributed by atoms with Crippen LogP contribution in [0, 0.1) is 0 Å². The van der Waals surface area contributed by atoms with Gasteiger partial charge in [0, 0.05) is 17.8 Å². The summed E-state index contributed by atoms with van der Waals surface area (Å²) in [6.45, 7) is 1.21. The summed E-state index contributed by atoms with van der Waals surface area (Å²) in [7, 11) is -3.78. The Balaban J connectivity index is 1.78. The summed E-state index contributed by atoms with van der Waals surface area (Å²) in [5.41, 5.74) is 0. The number of rotatable bonds is 8. The van der Waals surface area contributed by atoms with Gasteiger partial charge in [-0.25, -0.2) is 18.1 Å². The standard InChI is InChI=1S/C17H17Cl2N3O5S/c1-11(17(24)22-15-7-4-13(19)10-20-15)27-16(23)8-9-21-28(25,26)14-5-2-12(18)3-6-14/h2-7,10-11,21H,8-9H2,1H3,(H,20,22,24). The molecule has 1 atom stereocenters. The van der Waals surface area contributed by atoms with Crippen LogP contribution >= 0.6 is 23.2 Å². The van der Waals surface area contributed by atoms with Gasteiger partial charge in [-0.2, -0.15) is 0 Å². The fourth-order valence-corrected chi connectivity index (χ4v) is 3.24. The van der Waals surface area contributed by atoms with Gasteiger partial charge in [0.2, 0.25) is 10.0 Å². The van der Waals surface area contributed by atoms with Crippen molar-refractivity contribution in [3.63, 3.8) is 0 Å². The molecule has 0 saturated heterocycles. The van der Waals surface area contributed by atoms with Crippen LogP contribution in [-0.4, -0.2) is 37.9 Å². The first kappa shape index (κ1) is 22.1. The number of esters is 1. The molecule has 1 aromatic carbocycles. The number of carbonyl (C=O) groups excluding carboxylic acids is 2. The SMILES string of the molecule is CC(OC(=O)CCNS(=O)(=O)c1ccc(Cl)cc1)C(=O)Nc1ccc(Cl)cn1. The van der Waals surface area contributed by atoms with Gasteiger partial charge in [-0.3, -0.25) is 9.59 Å². The van der Waals surface area contributed by atoms with Gasteiger partial charge < -0.3 is 10.1 Å². The molecule has 2 N–H and O–H groups in total. The quantitative estimate of drug-likeness (QED) is 0.603. The Kier molecular flexibility index (Phi) is 7.76. The minimum atomic E-state index is -3.78. The number of nitrogens with one attached hydrogen (secondary N) is 2. The molecule has 150 valence electrons. The minimum Gasteiger partial charge on any atom is -0.452 e. The van der Waals surface area contributed by atoms with E-state index in [-0.39, 0.29) is 23.7 Å². The molecule has 11 heteroatoms.